The molecule has 1 aliphatic rings. The highest BCUT2D eigenvalue weighted by atomic mass is 16.6. The van der Waals surface area contributed by atoms with E-state index in [1.54, 1.807) is 20.8 Å². The maximum Gasteiger partial charge on any atom is 0.407 e. The summed E-state index contributed by atoms with van der Waals surface area (Å²) in [7, 11) is 0. The summed E-state index contributed by atoms with van der Waals surface area (Å²) in [4.78, 5) is 23.8. The molecule has 23 heavy (non-hydrogen) atoms. The SMILES string of the molecule is CCCC(CNC(=O)OC(C)(C)C)(CC1CCC(C)O1)C(=O)O. The molecule has 0 aromatic heterocycles. The molecule has 0 radical (unpaired) electrons. The lowest BCUT2D eigenvalue weighted by Gasteiger charge is -2.32. The van der Waals surface area contributed by atoms with Crippen LogP contribution in [0.15, 0.2) is 0 Å². The second-order valence-electron chi connectivity index (χ2n) is 7.54. The Kier molecular flexibility index (Phi) is 6.86. The third-order valence-electron chi connectivity index (χ3n) is 4.09. The van der Waals surface area contributed by atoms with Crippen LogP contribution >= 0.6 is 0 Å². The summed E-state index contributed by atoms with van der Waals surface area (Å²) in [6.07, 6.45) is 2.98. The smallest absolute Gasteiger partial charge is 0.407 e. The Morgan fingerprint density at radius 2 is 1.96 bits per heavy atom. The van der Waals surface area contributed by atoms with Crippen LogP contribution in [0.25, 0.3) is 0 Å². The average Bonchev–Trinajstić information content (AvgIpc) is 2.79. The molecular formula is C17H31NO5. The number of alkyl carbamates (subject to hydrolysis) is 1. The molecule has 0 bridgehead atoms. The monoisotopic (exact) mass is 329 g/mol. The Morgan fingerprint density at radius 3 is 2.39 bits per heavy atom. The quantitative estimate of drug-likeness (QED) is 0.748. The number of carbonyl (C=O) groups is 2. The summed E-state index contributed by atoms with van der Waals surface area (Å²) in [5, 5.41) is 12.4. The molecule has 1 rings (SSSR count). The van der Waals surface area contributed by atoms with Gasteiger partial charge in [-0.2, -0.15) is 0 Å². The molecule has 1 saturated heterocycles. The van der Waals surface area contributed by atoms with Crippen LogP contribution in [0.4, 0.5) is 4.79 Å². The first-order valence-corrected chi connectivity index (χ1v) is 8.43. The highest BCUT2D eigenvalue weighted by Crippen LogP contribution is 2.35. The minimum absolute atomic E-state index is 0.0549. The van der Waals surface area contributed by atoms with Gasteiger partial charge in [0, 0.05) is 6.54 Å². The average molecular weight is 329 g/mol. The lowest BCUT2D eigenvalue weighted by molar-refractivity contribution is -0.151. The molecule has 6 heteroatoms. The van der Waals surface area contributed by atoms with E-state index in [4.69, 9.17) is 9.47 Å². The zero-order valence-electron chi connectivity index (χ0n) is 15.0. The number of carbonyl (C=O) groups excluding carboxylic acids is 1. The first-order valence-electron chi connectivity index (χ1n) is 8.43. The van der Waals surface area contributed by atoms with Gasteiger partial charge in [-0.25, -0.2) is 4.79 Å². The lowest BCUT2D eigenvalue weighted by Crippen LogP contribution is -2.46. The van der Waals surface area contributed by atoms with Crippen LogP contribution in [0, 0.1) is 5.41 Å². The van der Waals surface area contributed by atoms with Crippen molar-refractivity contribution in [1.82, 2.24) is 5.32 Å². The maximum atomic E-state index is 11.9. The number of amides is 1. The van der Waals surface area contributed by atoms with Crippen molar-refractivity contribution in [2.45, 2.75) is 84.5 Å². The molecule has 0 aromatic carbocycles. The fourth-order valence-corrected chi connectivity index (χ4v) is 3.04. The van der Waals surface area contributed by atoms with Crippen LogP contribution in [0.3, 0.4) is 0 Å². The number of carboxylic acids is 1. The number of ether oxygens (including phenoxy) is 2. The molecule has 0 aliphatic carbocycles. The van der Waals surface area contributed by atoms with E-state index in [2.05, 4.69) is 5.32 Å². The second kappa shape index (κ2) is 7.99. The van der Waals surface area contributed by atoms with Gasteiger partial charge in [0.25, 0.3) is 0 Å². The normalized spacial score (nSPS) is 24.0. The first-order chi connectivity index (χ1) is 10.6. The zero-order chi connectivity index (χ0) is 17.7. The topological polar surface area (TPSA) is 84.9 Å². The summed E-state index contributed by atoms with van der Waals surface area (Å²) in [6.45, 7) is 9.33. The number of rotatable bonds is 7. The number of hydrogen-bond acceptors (Lipinski definition) is 4. The molecule has 0 saturated carbocycles. The van der Waals surface area contributed by atoms with Crippen molar-refractivity contribution in [3.05, 3.63) is 0 Å². The van der Waals surface area contributed by atoms with Crippen LogP contribution in [-0.2, 0) is 14.3 Å². The van der Waals surface area contributed by atoms with Gasteiger partial charge in [0.2, 0.25) is 0 Å². The molecule has 3 atom stereocenters. The Morgan fingerprint density at radius 1 is 1.30 bits per heavy atom. The predicted octanol–water partition coefficient (Wildman–Crippen LogP) is 3.34. The van der Waals surface area contributed by atoms with Gasteiger partial charge in [-0.15, -0.1) is 0 Å². The van der Waals surface area contributed by atoms with Gasteiger partial charge in [-0.3, -0.25) is 4.79 Å². The van der Waals surface area contributed by atoms with E-state index in [0.717, 1.165) is 19.3 Å². The maximum absolute atomic E-state index is 11.9. The molecule has 1 aliphatic heterocycles. The summed E-state index contributed by atoms with van der Waals surface area (Å²) in [5.74, 6) is -0.890. The van der Waals surface area contributed by atoms with Gasteiger partial charge >= 0.3 is 12.1 Å². The summed E-state index contributed by atoms with van der Waals surface area (Å²) in [5.41, 5.74) is -1.62. The molecule has 1 fully saturated rings. The van der Waals surface area contributed by atoms with Crippen LogP contribution < -0.4 is 5.32 Å². The van der Waals surface area contributed by atoms with E-state index in [1.807, 2.05) is 13.8 Å². The van der Waals surface area contributed by atoms with Crippen molar-refractivity contribution < 1.29 is 24.2 Å². The minimum atomic E-state index is -1.01. The molecule has 0 spiro atoms. The van der Waals surface area contributed by atoms with Crippen molar-refractivity contribution >= 4 is 12.1 Å². The second-order valence-corrected chi connectivity index (χ2v) is 7.54. The number of nitrogens with one attached hydrogen (secondary N) is 1. The van der Waals surface area contributed by atoms with Crippen LogP contribution in [-0.4, -0.2) is 41.5 Å². The Labute approximate surface area is 138 Å². The number of hydrogen-bond donors (Lipinski definition) is 2. The van der Waals surface area contributed by atoms with Crippen molar-refractivity contribution in [2.75, 3.05) is 6.54 Å². The van der Waals surface area contributed by atoms with Crippen LogP contribution in [0.1, 0.15) is 66.7 Å². The molecule has 6 nitrogen and oxygen atoms in total. The Bertz CT molecular complexity index is 418. The zero-order valence-corrected chi connectivity index (χ0v) is 15.0. The van der Waals surface area contributed by atoms with Gasteiger partial charge < -0.3 is 19.9 Å². The van der Waals surface area contributed by atoms with E-state index in [0.29, 0.717) is 12.8 Å². The number of carboxylic acid groups (broad SMARTS) is 1. The first kappa shape index (κ1) is 19.7. The molecule has 0 aromatic rings. The Balaban J connectivity index is 2.74. The minimum Gasteiger partial charge on any atom is -0.481 e. The Hall–Kier alpha value is -1.30. The third-order valence-corrected chi connectivity index (χ3v) is 4.09. The van der Waals surface area contributed by atoms with Gasteiger partial charge in [0.15, 0.2) is 0 Å². The molecule has 3 unspecified atom stereocenters. The van der Waals surface area contributed by atoms with E-state index in [9.17, 15) is 14.7 Å². The summed E-state index contributed by atoms with van der Waals surface area (Å²) >= 11 is 0. The standard InChI is InChI=1S/C17H31NO5/c1-6-9-17(14(19)20,10-13-8-7-12(2)22-13)11-18-15(21)23-16(3,4)5/h12-13H,6-11H2,1-5H3,(H,18,21)(H,19,20). The van der Waals surface area contributed by atoms with Gasteiger partial charge in [0.1, 0.15) is 5.60 Å². The van der Waals surface area contributed by atoms with E-state index >= 15 is 0 Å². The highest BCUT2D eigenvalue weighted by Gasteiger charge is 2.42. The molecule has 1 heterocycles. The molecule has 2 N–H and O–H groups in total. The lowest BCUT2D eigenvalue weighted by atomic mass is 9.77. The predicted molar refractivity (Wildman–Crippen MR) is 87.4 cm³/mol. The highest BCUT2D eigenvalue weighted by molar-refractivity contribution is 5.76. The molecular weight excluding hydrogens is 298 g/mol. The third kappa shape index (κ3) is 6.37. The van der Waals surface area contributed by atoms with E-state index < -0.39 is 23.1 Å². The summed E-state index contributed by atoms with van der Waals surface area (Å²) in [6, 6.07) is 0. The van der Waals surface area contributed by atoms with Gasteiger partial charge in [-0.05, 0) is 53.4 Å². The number of aliphatic carboxylic acids is 1. The van der Waals surface area contributed by atoms with Crippen molar-refractivity contribution in [3.8, 4) is 0 Å². The van der Waals surface area contributed by atoms with Crippen molar-refractivity contribution in [3.63, 3.8) is 0 Å². The van der Waals surface area contributed by atoms with Gasteiger partial charge in [0.05, 0.1) is 17.6 Å². The summed E-state index contributed by atoms with van der Waals surface area (Å²) < 4.78 is 11.0. The van der Waals surface area contributed by atoms with Crippen LogP contribution in [0.2, 0.25) is 0 Å². The van der Waals surface area contributed by atoms with E-state index in [-0.39, 0.29) is 18.8 Å². The van der Waals surface area contributed by atoms with E-state index in [1.165, 1.54) is 0 Å². The van der Waals surface area contributed by atoms with Crippen molar-refractivity contribution in [2.24, 2.45) is 5.41 Å². The fourth-order valence-electron chi connectivity index (χ4n) is 3.04. The largest absolute Gasteiger partial charge is 0.481 e. The van der Waals surface area contributed by atoms with Crippen LogP contribution in [0.5, 0.6) is 0 Å². The molecule has 134 valence electrons. The van der Waals surface area contributed by atoms with Gasteiger partial charge in [-0.1, -0.05) is 13.3 Å². The fraction of sp³-hybridized carbons (Fsp3) is 0.882. The molecule has 1 amide bonds. The van der Waals surface area contributed by atoms with Crippen molar-refractivity contribution in [1.29, 1.82) is 0 Å².